The second kappa shape index (κ2) is 5.68. The number of nitrogens with one attached hydrogen (secondary N) is 1. The van der Waals surface area contributed by atoms with Gasteiger partial charge in [0.25, 0.3) is 0 Å². The van der Waals surface area contributed by atoms with E-state index in [1.54, 1.807) is 6.07 Å². The number of benzene rings is 2. The van der Waals surface area contributed by atoms with Crippen molar-refractivity contribution >= 4 is 11.5 Å². The first kappa shape index (κ1) is 13.8. The molecule has 0 saturated carbocycles. The van der Waals surface area contributed by atoms with Gasteiger partial charge in [-0.2, -0.15) is 0 Å². The highest BCUT2D eigenvalue weighted by atomic mass is 19.1. The summed E-state index contributed by atoms with van der Waals surface area (Å²) in [6, 6.07) is 10.4. The molecule has 1 N–H and O–H groups in total. The van der Waals surface area contributed by atoms with Crippen LogP contribution < -0.4 is 5.32 Å². The van der Waals surface area contributed by atoms with Gasteiger partial charge < -0.3 is 5.32 Å². The minimum atomic E-state index is -0.259. The van der Waals surface area contributed by atoms with Crippen LogP contribution in [0.1, 0.15) is 33.5 Å². The predicted molar refractivity (Wildman–Crippen MR) is 82.4 cm³/mol. The van der Waals surface area contributed by atoms with Gasteiger partial charge in [0.2, 0.25) is 0 Å². The molecule has 0 atom stereocenters. The molecule has 1 aliphatic rings. The third-order valence-electron chi connectivity index (χ3n) is 4.05. The van der Waals surface area contributed by atoms with E-state index >= 15 is 0 Å². The molecule has 108 valence electrons. The lowest BCUT2D eigenvalue weighted by Crippen LogP contribution is -2.16. The van der Waals surface area contributed by atoms with Gasteiger partial charge in [-0.25, -0.2) is 4.39 Å². The van der Waals surface area contributed by atoms with Crippen molar-refractivity contribution < 1.29 is 9.18 Å². The van der Waals surface area contributed by atoms with Gasteiger partial charge in [-0.1, -0.05) is 18.2 Å². The lowest BCUT2D eigenvalue weighted by molar-refractivity contribution is 0.0992. The number of hydrogen-bond donors (Lipinski definition) is 1. The van der Waals surface area contributed by atoms with E-state index in [9.17, 15) is 9.18 Å². The minimum Gasteiger partial charge on any atom is -0.385 e. The first-order valence-corrected chi connectivity index (χ1v) is 7.29. The van der Waals surface area contributed by atoms with Crippen molar-refractivity contribution in [2.75, 3.05) is 11.9 Å². The summed E-state index contributed by atoms with van der Waals surface area (Å²) in [6.07, 6.45) is 2.31. The lowest BCUT2D eigenvalue weighted by atomic mass is 9.92. The zero-order valence-corrected chi connectivity index (χ0v) is 12.1. The van der Waals surface area contributed by atoms with Crippen LogP contribution in [0.5, 0.6) is 0 Å². The van der Waals surface area contributed by atoms with Crippen LogP contribution in [-0.4, -0.2) is 12.3 Å². The summed E-state index contributed by atoms with van der Waals surface area (Å²) in [5.74, 6) is -0.157. The Kier molecular flexibility index (Phi) is 3.74. The maximum Gasteiger partial charge on any atom is 0.167 e. The van der Waals surface area contributed by atoms with Crippen LogP contribution in [0.4, 0.5) is 10.1 Å². The molecular formula is C18H18FNO. The monoisotopic (exact) mass is 283 g/mol. The fourth-order valence-electron chi connectivity index (χ4n) is 2.90. The highest BCUT2D eigenvalue weighted by Gasteiger charge is 2.18. The summed E-state index contributed by atoms with van der Waals surface area (Å²) in [4.78, 5) is 12.6. The normalized spacial score (nSPS) is 13.4. The number of rotatable bonds is 3. The number of carbonyl (C=O) groups is 1. The molecule has 0 aliphatic carbocycles. The summed E-state index contributed by atoms with van der Waals surface area (Å²) < 4.78 is 13.1. The molecule has 0 bridgehead atoms. The Morgan fingerprint density at radius 1 is 1.29 bits per heavy atom. The number of anilines is 1. The third kappa shape index (κ3) is 2.82. The molecule has 0 saturated heterocycles. The van der Waals surface area contributed by atoms with Crippen molar-refractivity contribution in [1.29, 1.82) is 0 Å². The molecule has 0 aromatic heterocycles. The highest BCUT2D eigenvalue weighted by molar-refractivity contribution is 6.00. The Bertz CT molecular complexity index is 694. The van der Waals surface area contributed by atoms with E-state index in [4.69, 9.17) is 0 Å². The third-order valence-corrected chi connectivity index (χ3v) is 4.05. The number of Topliss-reactive ketones (excluding diaryl/α,β-unsaturated/α-hetero) is 1. The van der Waals surface area contributed by atoms with Crippen molar-refractivity contribution in [2.24, 2.45) is 0 Å². The van der Waals surface area contributed by atoms with Crippen LogP contribution in [0.15, 0.2) is 36.4 Å². The van der Waals surface area contributed by atoms with Gasteiger partial charge >= 0.3 is 0 Å². The maximum atomic E-state index is 13.1. The van der Waals surface area contributed by atoms with Crippen LogP contribution in [0.3, 0.4) is 0 Å². The first-order valence-electron chi connectivity index (χ1n) is 7.29. The fraction of sp³-hybridized carbons (Fsp3) is 0.278. The second-order valence-electron chi connectivity index (χ2n) is 5.53. The van der Waals surface area contributed by atoms with E-state index in [1.165, 1.54) is 12.1 Å². The van der Waals surface area contributed by atoms with Gasteiger partial charge in [-0.3, -0.25) is 4.79 Å². The number of ketones is 1. The average Bonchev–Trinajstić information content (AvgIpc) is 2.49. The Balaban J connectivity index is 1.89. The van der Waals surface area contributed by atoms with Crippen LogP contribution in [0.25, 0.3) is 0 Å². The Hall–Kier alpha value is -2.16. The SMILES string of the molecule is Cc1cc(F)ccc1CC(=O)c1cccc2c1CCCN2. The van der Waals surface area contributed by atoms with E-state index in [-0.39, 0.29) is 11.6 Å². The van der Waals surface area contributed by atoms with Gasteiger partial charge in [-0.15, -0.1) is 0 Å². The molecule has 0 radical (unpaired) electrons. The zero-order valence-electron chi connectivity index (χ0n) is 12.1. The molecule has 2 aromatic rings. The van der Waals surface area contributed by atoms with Crippen LogP contribution in [0.2, 0.25) is 0 Å². The number of halogens is 1. The largest absolute Gasteiger partial charge is 0.385 e. The van der Waals surface area contributed by atoms with Crippen molar-refractivity contribution in [3.05, 3.63) is 64.5 Å². The molecule has 1 aliphatic heterocycles. The molecule has 0 spiro atoms. The Labute approximate surface area is 124 Å². The molecular weight excluding hydrogens is 265 g/mol. The van der Waals surface area contributed by atoms with Gasteiger partial charge in [0, 0.05) is 24.2 Å². The molecule has 3 rings (SSSR count). The van der Waals surface area contributed by atoms with Crippen molar-refractivity contribution in [1.82, 2.24) is 0 Å². The van der Waals surface area contributed by atoms with Crippen LogP contribution in [-0.2, 0) is 12.8 Å². The molecule has 2 aromatic carbocycles. The molecule has 2 nitrogen and oxygen atoms in total. The highest BCUT2D eigenvalue weighted by Crippen LogP contribution is 2.26. The number of hydrogen-bond acceptors (Lipinski definition) is 2. The number of carbonyl (C=O) groups excluding carboxylic acids is 1. The fourth-order valence-corrected chi connectivity index (χ4v) is 2.90. The smallest absolute Gasteiger partial charge is 0.167 e. The Morgan fingerprint density at radius 2 is 2.14 bits per heavy atom. The zero-order chi connectivity index (χ0) is 14.8. The average molecular weight is 283 g/mol. The summed E-state index contributed by atoms with van der Waals surface area (Å²) >= 11 is 0. The van der Waals surface area contributed by atoms with Crippen molar-refractivity contribution in [3.63, 3.8) is 0 Å². The summed E-state index contributed by atoms with van der Waals surface area (Å²) in [5.41, 5.74) is 4.70. The quantitative estimate of drug-likeness (QED) is 0.865. The van der Waals surface area contributed by atoms with E-state index in [0.29, 0.717) is 6.42 Å². The first-order chi connectivity index (χ1) is 10.1. The van der Waals surface area contributed by atoms with Crippen LogP contribution in [0, 0.1) is 12.7 Å². The summed E-state index contributed by atoms with van der Waals surface area (Å²) in [5, 5.41) is 3.34. The molecule has 0 unspecified atom stereocenters. The van der Waals surface area contributed by atoms with Gasteiger partial charge in [0.05, 0.1) is 0 Å². The van der Waals surface area contributed by atoms with E-state index in [1.807, 2.05) is 25.1 Å². The van der Waals surface area contributed by atoms with Gasteiger partial charge in [-0.05, 0) is 54.7 Å². The minimum absolute atomic E-state index is 0.102. The topological polar surface area (TPSA) is 29.1 Å². The molecule has 21 heavy (non-hydrogen) atoms. The standard InChI is InChI=1S/C18H18FNO/c1-12-10-14(19)8-7-13(12)11-18(21)16-4-2-6-17-15(16)5-3-9-20-17/h2,4,6-8,10,20H,3,5,9,11H2,1H3. The maximum absolute atomic E-state index is 13.1. The predicted octanol–water partition coefficient (Wildman–Crippen LogP) is 3.92. The number of fused-ring (bicyclic) bond motifs is 1. The number of aryl methyl sites for hydroxylation is 1. The molecule has 1 heterocycles. The van der Waals surface area contributed by atoms with Crippen molar-refractivity contribution in [2.45, 2.75) is 26.2 Å². The lowest BCUT2D eigenvalue weighted by Gasteiger charge is -2.20. The molecule has 0 fully saturated rings. The van der Waals surface area contributed by atoms with Gasteiger partial charge in [0.1, 0.15) is 5.82 Å². The second-order valence-corrected chi connectivity index (χ2v) is 5.53. The molecule has 0 amide bonds. The molecule has 3 heteroatoms. The Morgan fingerprint density at radius 3 is 2.95 bits per heavy atom. The summed E-state index contributed by atoms with van der Waals surface area (Å²) in [7, 11) is 0. The van der Waals surface area contributed by atoms with Crippen molar-refractivity contribution in [3.8, 4) is 0 Å². The van der Waals surface area contributed by atoms with E-state index < -0.39 is 0 Å². The summed E-state index contributed by atoms with van der Waals surface area (Å²) in [6.45, 7) is 2.80. The van der Waals surface area contributed by atoms with E-state index in [0.717, 1.165) is 47.3 Å². The van der Waals surface area contributed by atoms with Gasteiger partial charge in [0.15, 0.2) is 5.78 Å². The van der Waals surface area contributed by atoms with E-state index in [2.05, 4.69) is 5.32 Å². The van der Waals surface area contributed by atoms with Crippen LogP contribution >= 0.6 is 0 Å².